The number of nitrogens with zero attached hydrogens (tertiary/aromatic N) is 1. The Labute approximate surface area is 98.6 Å². The fourth-order valence-electron chi connectivity index (χ4n) is 2.10. The molecule has 0 aliphatic carbocycles. The van der Waals surface area contributed by atoms with Crippen LogP contribution >= 0.6 is 0 Å². The third-order valence-electron chi connectivity index (χ3n) is 3.02. The van der Waals surface area contributed by atoms with Crippen molar-refractivity contribution in [3.05, 3.63) is 0 Å². The Morgan fingerprint density at radius 2 is 2.25 bits per heavy atom. The van der Waals surface area contributed by atoms with E-state index in [0.717, 1.165) is 19.6 Å². The van der Waals surface area contributed by atoms with Gasteiger partial charge in [0, 0.05) is 25.0 Å². The van der Waals surface area contributed by atoms with Crippen LogP contribution in [0.25, 0.3) is 0 Å². The first-order chi connectivity index (χ1) is 7.40. The van der Waals surface area contributed by atoms with E-state index in [1.807, 2.05) is 13.8 Å². The van der Waals surface area contributed by atoms with E-state index in [2.05, 4.69) is 17.1 Å². The topological polar surface area (TPSA) is 58.4 Å². The van der Waals surface area contributed by atoms with Crippen LogP contribution in [0.3, 0.4) is 0 Å². The molecule has 1 aliphatic heterocycles. The second-order valence-corrected chi connectivity index (χ2v) is 5.52. The van der Waals surface area contributed by atoms with Gasteiger partial charge in [0.05, 0.1) is 0 Å². The summed E-state index contributed by atoms with van der Waals surface area (Å²) in [7, 11) is 0. The summed E-state index contributed by atoms with van der Waals surface area (Å²) in [6.45, 7) is 10.1. The van der Waals surface area contributed by atoms with Crippen molar-refractivity contribution in [2.75, 3.05) is 26.2 Å². The summed E-state index contributed by atoms with van der Waals surface area (Å²) in [5.74, 6) is 0.687. The lowest BCUT2D eigenvalue weighted by Crippen LogP contribution is -2.40. The lowest BCUT2D eigenvalue weighted by Gasteiger charge is -2.19. The molecule has 1 saturated heterocycles. The van der Waals surface area contributed by atoms with Crippen molar-refractivity contribution in [3.63, 3.8) is 0 Å². The summed E-state index contributed by atoms with van der Waals surface area (Å²) in [4.78, 5) is 14.0. The zero-order valence-corrected chi connectivity index (χ0v) is 10.8. The highest BCUT2D eigenvalue weighted by Crippen LogP contribution is 2.14. The van der Waals surface area contributed by atoms with E-state index in [9.17, 15) is 4.79 Å². The van der Waals surface area contributed by atoms with E-state index in [-0.39, 0.29) is 5.91 Å². The second kappa shape index (κ2) is 5.64. The number of carbonyl (C=O) groups is 1. The molecule has 3 N–H and O–H groups in total. The third-order valence-corrected chi connectivity index (χ3v) is 3.02. The van der Waals surface area contributed by atoms with E-state index >= 15 is 0 Å². The summed E-state index contributed by atoms with van der Waals surface area (Å²) in [6.07, 6.45) is 1.59. The zero-order chi connectivity index (χ0) is 12.2. The number of carbonyl (C=O) groups excluding carboxylic acids is 1. The standard InChI is InChI=1S/C12H25N3O/c1-4-15-6-5-10(9-15)8-14-11(16)7-12(2,3)13/h10H,4-9,13H2,1-3H3,(H,14,16). The van der Waals surface area contributed by atoms with Crippen molar-refractivity contribution in [2.45, 2.75) is 39.2 Å². The van der Waals surface area contributed by atoms with Crippen LogP contribution in [0.4, 0.5) is 0 Å². The summed E-state index contributed by atoms with van der Waals surface area (Å²) in [6, 6.07) is 0. The van der Waals surface area contributed by atoms with Gasteiger partial charge in [0.1, 0.15) is 0 Å². The van der Waals surface area contributed by atoms with Gasteiger partial charge in [-0.2, -0.15) is 0 Å². The molecule has 0 spiro atoms. The van der Waals surface area contributed by atoms with Gasteiger partial charge in [-0.05, 0) is 39.3 Å². The molecule has 0 aromatic rings. The summed E-state index contributed by atoms with van der Waals surface area (Å²) < 4.78 is 0. The molecule has 1 aliphatic rings. The minimum atomic E-state index is -0.408. The Hall–Kier alpha value is -0.610. The fraction of sp³-hybridized carbons (Fsp3) is 0.917. The monoisotopic (exact) mass is 227 g/mol. The number of amides is 1. The van der Waals surface area contributed by atoms with Crippen molar-refractivity contribution in [2.24, 2.45) is 11.7 Å². The number of nitrogens with two attached hydrogens (primary N) is 1. The third kappa shape index (κ3) is 4.94. The van der Waals surface area contributed by atoms with E-state index in [4.69, 9.17) is 5.73 Å². The number of likely N-dealkylation sites (tertiary alicyclic amines) is 1. The SMILES string of the molecule is CCN1CCC(CNC(=O)CC(C)(C)N)C1. The van der Waals surface area contributed by atoms with E-state index in [1.54, 1.807) is 0 Å². The highest BCUT2D eigenvalue weighted by molar-refractivity contribution is 5.77. The quantitative estimate of drug-likeness (QED) is 0.722. The van der Waals surface area contributed by atoms with Gasteiger partial charge >= 0.3 is 0 Å². The highest BCUT2D eigenvalue weighted by atomic mass is 16.1. The number of hydrogen-bond donors (Lipinski definition) is 2. The molecule has 1 unspecified atom stereocenters. The average molecular weight is 227 g/mol. The van der Waals surface area contributed by atoms with Crippen molar-refractivity contribution in [1.82, 2.24) is 10.2 Å². The highest BCUT2D eigenvalue weighted by Gasteiger charge is 2.22. The van der Waals surface area contributed by atoms with Gasteiger partial charge in [-0.25, -0.2) is 0 Å². The van der Waals surface area contributed by atoms with Gasteiger partial charge in [-0.15, -0.1) is 0 Å². The maximum Gasteiger partial charge on any atom is 0.221 e. The minimum absolute atomic E-state index is 0.0717. The molecule has 16 heavy (non-hydrogen) atoms. The Morgan fingerprint density at radius 1 is 1.56 bits per heavy atom. The normalized spacial score (nSPS) is 22.4. The van der Waals surface area contributed by atoms with E-state index in [0.29, 0.717) is 12.3 Å². The first-order valence-corrected chi connectivity index (χ1v) is 6.18. The van der Waals surface area contributed by atoms with Gasteiger partial charge in [0.25, 0.3) is 0 Å². The smallest absolute Gasteiger partial charge is 0.221 e. The van der Waals surface area contributed by atoms with Crippen molar-refractivity contribution in [1.29, 1.82) is 0 Å². The van der Waals surface area contributed by atoms with Gasteiger partial charge in [0.2, 0.25) is 5.91 Å². The van der Waals surface area contributed by atoms with Crippen LogP contribution in [0, 0.1) is 5.92 Å². The Morgan fingerprint density at radius 3 is 2.75 bits per heavy atom. The Bertz CT molecular complexity index is 235. The maximum absolute atomic E-state index is 11.6. The number of rotatable bonds is 5. The molecule has 1 amide bonds. The molecule has 0 radical (unpaired) electrons. The van der Waals surface area contributed by atoms with Crippen molar-refractivity contribution in [3.8, 4) is 0 Å². The fourth-order valence-corrected chi connectivity index (χ4v) is 2.10. The molecule has 0 aromatic carbocycles. The zero-order valence-electron chi connectivity index (χ0n) is 10.8. The van der Waals surface area contributed by atoms with Crippen molar-refractivity contribution < 1.29 is 4.79 Å². The molecule has 0 saturated carbocycles. The molecular weight excluding hydrogens is 202 g/mol. The molecule has 0 aromatic heterocycles. The van der Waals surface area contributed by atoms with Gasteiger partial charge in [0.15, 0.2) is 0 Å². The molecule has 94 valence electrons. The first-order valence-electron chi connectivity index (χ1n) is 6.18. The average Bonchev–Trinajstić information content (AvgIpc) is 2.59. The Kier molecular flexibility index (Phi) is 4.74. The van der Waals surface area contributed by atoms with Gasteiger partial charge < -0.3 is 16.0 Å². The van der Waals surface area contributed by atoms with Crippen LogP contribution < -0.4 is 11.1 Å². The van der Waals surface area contributed by atoms with Gasteiger partial charge in [-0.1, -0.05) is 6.92 Å². The molecule has 4 heteroatoms. The molecule has 4 nitrogen and oxygen atoms in total. The molecular formula is C12H25N3O. The number of nitrogens with one attached hydrogen (secondary N) is 1. The van der Waals surface area contributed by atoms with Crippen LogP contribution in [0.5, 0.6) is 0 Å². The van der Waals surface area contributed by atoms with Crippen molar-refractivity contribution >= 4 is 5.91 Å². The summed E-state index contributed by atoms with van der Waals surface area (Å²) >= 11 is 0. The minimum Gasteiger partial charge on any atom is -0.356 e. The molecule has 1 fully saturated rings. The van der Waals surface area contributed by atoms with E-state index in [1.165, 1.54) is 13.0 Å². The summed E-state index contributed by atoms with van der Waals surface area (Å²) in [5.41, 5.74) is 5.39. The Balaban J connectivity index is 2.18. The first kappa shape index (κ1) is 13.5. The summed E-state index contributed by atoms with van der Waals surface area (Å²) in [5, 5.41) is 2.98. The predicted molar refractivity (Wildman–Crippen MR) is 66.1 cm³/mol. The second-order valence-electron chi connectivity index (χ2n) is 5.52. The van der Waals surface area contributed by atoms with Gasteiger partial charge in [-0.3, -0.25) is 4.79 Å². The van der Waals surface area contributed by atoms with Crippen LogP contribution in [0.2, 0.25) is 0 Å². The maximum atomic E-state index is 11.6. The van der Waals surface area contributed by atoms with Crippen LogP contribution in [-0.2, 0) is 4.79 Å². The molecule has 1 rings (SSSR count). The number of hydrogen-bond acceptors (Lipinski definition) is 3. The largest absolute Gasteiger partial charge is 0.356 e. The lowest BCUT2D eigenvalue weighted by atomic mass is 10.0. The predicted octanol–water partition coefficient (Wildman–Crippen LogP) is 0.572. The molecule has 0 bridgehead atoms. The molecule has 1 atom stereocenters. The van der Waals surface area contributed by atoms with Crippen LogP contribution in [-0.4, -0.2) is 42.5 Å². The van der Waals surface area contributed by atoms with Crippen LogP contribution in [0.15, 0.2) is 0 Å². The van der Waals surface area contributed by atoms with Crippen LogP contribution in [0.1, 0.15) is 33.6 Å². The van der Waals surface area contributed by atoms with E-state index < -0.39 is 5.54 Å². The lowest BCUT2D eigenvalue weighted by molar-refractivity contribution is -0.122. The molecule has 1 heterocycles.